The molecule has 0 aromatic heterocycles. The summed E-state index contributed by atoms with van der Waals surface area (Å²) in [7, 11) is 0. The molecule has 8 heteroatoms. The molecule has 4 fully saturated rings. The summed E-state index contributed by atoms with van der Waals surface area (Å²) in [6, 6.07) is -1.01. The zero-order valence-corrected chi connectivity index (χ0v) is 20.3. The predicted molar refractivity (Wildman–Crippen MR) is 125 cm³/mol. The number of aliphatic carboxylic acids is 1. The molecule has 3 saturated carbocycles. The number of carboxylic acid groups (broad SMARTS) is 1. The first kappa shape index (κ1) is 23.8. The van der Waals surface area contributed by atoms with Crippen LogP contribution < -0.4 is 0 Å². The fourth-order valence-corrected chi connectivity index (χ4v) is 8.19. The number of nitrogens with zero attached hydrogens (tertiary/aromatic N) is 2. The van der Waals surface area contributed by atoms with Crippen LogP contribution in [0.3, 0.4) is 0 Å². The number of allylic oxidation sites excluding steroid dienone is 2. The van der Waals surface area contributed by atoms with Gasteiger partial charge in [0.05, 0.1) is 17.9 Å². The van der Waals surface area contributed by atoms with E-state index in [0.29, 0.717) is 17.8 Å². The summed E-state index contributed by atoms with van der Waals surface area (Å²) in [5.41, 5.74) is 2.52. The Kier molecular flexibility index (Phi) is 6.04. The minimum atomic E-state index is -1.11. The van der Waals surface area contributed by atoms with E-state index in [2.05, 4.69) is 25.1 Å². The van der Waals surface area contributed by atoms with E-state index in [9.17, 15) is 24.9 Å². The van der Waals surface area contributed by atoms with Crippen LogP contribution in [0.2, 0.25) is 0 Å². The average molecular weight is 475 g/mol. The number of rotatable bonds is 4. The van der Waals surface area contributed by atoms with Crippen LogP contribution in [0.1, 0.15) is 71.6 Å². The van der Waals surface area contributed by atoms with Gasteiger partial charge in [0.1, 0.15) is 6.04 Å². The molecular formula is C26H38N2O6. The third-order valence-electron chi connectivity index (χ3n) is 10.2. The Hall–Kier alpha value is -1.93. The van der Waals surface area contributed by atoms with Crippen LogP contribution in [0.5, 0.6) is 0 Å². The summed E-state index contributed by atoms with van der Waals surface area (Å²) in [6.07, 6.45) is 9.64. The molecule has 8 atom stereocenters. The molecule has 1 aliphatic heterocycles. The quantitative estimate of drug-likeness (QED) is 0.539. The van der Waals surface area contributed by atoms with E-state index in [1.165, 1.54) is 23.3 Å². The Morgan fingerprint density at radius 1 is 1.12 bits per heavy atom. The number of hydrogen-bond donors (Lipinski definition) is 3. The third-order valence-corrected chi connectivity index (χ3v) is 10.2. The average Bonchev–Trinajstić information content (AvgIpc) is 3.33. The van der Waals surface area contributed by atoms with E-state index < -0.39 is 24.0 Å². The van der Waals surface area contributed by atoms with Crippen molar-refractivity contribution in [1.29, 1.82) is 0 Å². The second-order valence-corrected chi connectivity index (χ2v) is 11.8. The number of oxime groups is 1. The highest BCUT2D eigenvalue weighted by Crippen LogP contribution is 2.65. The molecule has 1 amide bonds. The van der Waals surface area contributed by atoms with Gasteiger partial charge in [-0.25, -0.2) is 4.79 Å². The van der Waals surface area contributed by atoms with Gasteiger partial charge in [-0.15, -0.1) is 0 Å². The molecule has 8 nitrogen and oxygen atoms in total. The summed E-state index contributed by atoms with van der Waals surface area (Å²) in [4.78, 5) is 30.3. The van der Waals surface area contributed by atoms with Gasteiger partial charge in [-0.1, -0.05) is 24.6 Å². The van der Waals surface area contributed by atoms with Crippen molar-refractivity contribution >= 4 is 17.6 Å². The van der Waals surface area contributed by atoms with Crippen LogP contribution in [0, 0.1) is 28.6 Å². The van der Waals surface area contributed by atoms with Crippen molar-refractivity contribution in [3.05, 3.63) is 11.6 Å². The molecule has 5 aliphatic rings. The minimum Gasteiger partial charge on any atom is -0.480 e. The molecule has 0 aromatic rings. The largest absolute Gasteiger partial charge is 0.480 e. The molecule has 4 aliphatic carbocycles. The van der Waals surface area contributed by atoms with Gasteiger partial charge < -0.3 is 25.1 Å². The molecule has 34 heavy (non-hydrogen) atoms. The van der Waals surface area contributed by atoms with Crippen LogP contribution in [-0.2, 0) is 14.4 Å². The van der Waals surface area contributed by atoms with Gasteiger partial charge in [0.15, 0.2) is 6.61 Å². The second-order valence-electron chi connectivity index (χ2n) is 11.8. The lowest BCUT2D eigenvalue weighted by molar-refractivity contribution is -0.150. The Balaban J connectivity index is 1.24. The van der Waals surface area contributed by atoms with Crippen molar-refractivity contribution in [2.75, 3.05) is 13.2 Å². The van der Waals surface area contributed by atoms with E-state index in [1.807, 2.05) is 0 Å². The fourth-order valence-electron chi connectivity index (χ4n) is 8.19. The summed E-state index contributed by atoms with van der Waals surface area (Å²) in [5.74, 6) is 0.380. The van der Waals surface area contributed by atoms with Gasteiger partial charge in [0.2, 0.25) is 0 Å². The summed E-state index contributed by atoms with van der Waals surface area (Å²) < 4.78 is 0. The lowest BCUT2D eigenvalue weighted by Gasteiger charge is -2.57. The van der Waals surface area contributed by atoms with E-state index in [-0.39, 0.29) is 36.5 Å². The van der Waals surface area contributed by atoms with Crippen molar-refractivity contribution in [3.8, 4) is 0 Å². The number of β-amino-alcohol motifs (C(OH)–C–C–N with tert-alkyl or cyclic N) is 1. The lowest BCUT2D eigenvalue weighted by Crippen LogP contribution is -2.51. The van der Waals surface area contributed by atoms with Crippen LogP contribution in [0.4, 0.5) is 0 Å². The smallest absolute Gasteiger partial charge is 0.326 e. The number of carboxylic acids is 1. The Bertz CT molecular complexity index is 917. The molecule has 0 radical (unpaired) electrons. The van der Waals surface area contributed by atoms with Crippen molar-refractivity contribution in [3.63, 3.8) is 0 Å². The maximum atomic E-state index is 12.4. The first-order valence-electron chi connectivity index (χ1n) is 12.9. The summed E-state index contributed by atoms with van der Waals surface area (Å²) >= 11 is 0. The minimum absolute atomic E-state index is 0.0117. The maximum Gasteiger partial charge on any atom is 0.326 e. The summed E-state index contributed by atoms with van der Waals surface area (Å²) in [5, 5.41) is 33.9. The number of likely N-dealkylation sites (tertiary alicyclic amines) is 1. The number of aliphatic hydroxyl groups excluding tert-OH is 2. The number of amides is 1. The van der Waals surface area contributed by atoms with Crippen molar-refractivity contribution in [2.45, 2.75) is 89.9 Å². The van der Waals surface area contributed by atoms with Crippen LogP contribution in [-0.4, -0.2) is 69.2 Å². The topological polar surface area (TPSA) is 120 Å². The van der Waals surface area contributed by atoms with Gasteiger partial charge in [0.25, 0.3) is 5.91 Å². The summed E-state index contributed by atoms with van der Waals surface area (Å²) in [6.45, 7) is 4.41. The highest BCUT2D eigenvalue weighted by molar-refractivity contribution is 5.96. The van der Waals surface area contributed by atoms with Crippen molar-refractivity contribution in [1.82, 2.24) is 4.90 Å². The monoisotopic (exact) mass is 474 g/mol. The van der Waals surface area contributed by atoms with E-state index in [4.69, 9.17) is 4.84 Å². The number of carbonyl (C=O) groups excluding carboxylic acids is 1. The van der Waals surface area contributed by atoms with Crippen molar-refractivity contribution < 1.29 is 29.7 Å². The van der Waals surface area contributed by atoms with Gasteiger partial charge in [0, 0.05) is 13.0 Å². The SMILES string of the molecule is C[C@]12CC[C@H]3[C@@H](CCC4=C/C(=N\OCC(=O)N5C[C@@H](O)C[C@@H]5C(=O)O)CC[C@@]43C)[C@@H]1CC[C@@H]2O. The highest BCUT2D eigenvalue weighted by atomic mass is 16.6. The van der Waals surface area contributed by atoms with E-state index >= 15 is 0 Å². The van der Waals surface area contributed by atoms with Gasteiger partial charge in [-0.2, -0.15) is 0 Å². The molecule has 0 bridgehead atoms. The predicted octanol–water partition coefficient (Wildman–Crippen LogP) is 2.73. The first-order chi connectivity index (χ1) is 16.1. The number of fused-ring (bicyclic) bond motifs is 5. The number of hydrogen-bond acceptors (Lipinski definition) is 6. The van der Waals surface area contributed by atoms with Crippen LogP contribution in [0.15, 0.2) is 16.8 Å². The molecular weight excluding hydrogens is 436 g/mol. The second kappa shape index (κ2) is 8.63. The maximum absolute atomic E-state index is 12.4. The number of aliphatic hydroxyl groups is 2. The Labute approximate surface area is 201 Å². The van der Waals surface area contributed by atoms with Crippen LogP contribution >= 0.6 is 0 Å². The molecule has 0 unspecified atom stereocenters. The van der Waals surface area contributed by atoms with Gasteiger partial charge in [-0.3, -0.25) is 4.79 Å². The molecule has 5 rings (SSSR count). The Morgan fingerprint density at radius 2 is 1.91 bits per heavy atom. The normalized spacial score (nSPS) is 44.8. The van der Waals surface area contributed by atoms with E-state index in [0.717, 1.165) is 44.2 Å². The standard InChI is InChI=1S/C26H38N2O6/c1-25-9-7-16(27-34-14-23(31)28-13-17(29)12-21(28)24(32)33)11-15(25)3-4-18-19-5-6-22(30)26(19,2)10-8-20(18)25/h11,17-22,29-30H,3-10,12-14H2,1-2H3,(H,32,33)/b27-16-/t17-,18-,19-,20-,21+,22-,25-,26-/m0/s1. The van der Waals surface area contributed by atoms with Gasteiger partial charge >= 0.3 is 5.97 Å². The molecule has 1 heterocycles. The lowest BCUT2D eigenvalue weighted by atomic mass is 9.47. The van der Waals surface area contributed by atoms with Crippen LogP contribution in [0.25, 0.3) is 0 Å². The Morgan fingerprint density at radius 3 is 2.68 bits per heavy atom. The number of carbonyl (C=O) groups is 2. The van der Waals surface area contributed by atoms with Crippen molar-refractivity contribution in [2.24, 2.45) is 33.7 Å². The third kappa shape index (κ3) is 3.77. The fraction of sp³-hybridized carbons (Fsp3) is 0.808. The van der Waals surface area contributed by atoms with E-state index in [1.54, 1.807) is 0 Å². The molecule has 0 aromatic carbocycles. The molecule has 0 spiro atoms. The molecule has 1 saturated heterocycles. The first-order valence-corrected chi connectivity index (χ1v) is 12.9. The molecule has 3 N–H and O–H groups in total. The van der Waals surface area contributed by atoms with Gasteiger partial charge in [-0.05, 0) is 86.0 Å². The highest BCUT2D eigenvalue weighted by Gasteiger charge is 2.58. The zero-order chi connectivity index (χ0) is 24.3. The molecule has 188 valence electrons. The zero-order valence-electron chi connectivity index (χ0n) is 20.3.